The maximum Gasteiger partial charge on any atom is 0.336 e. The molecule has 21 heavy (non-hydrogen) atoms. The SMILES string of the molecule is CC1(C)CN(S(=O)(=O)c2cc(C(=O)O)cs2)CC(CO)O1. The number of carbonyl (C=O) groups is 1. The number of hydrogen-bond donors (Lipinski definition) is 2. The molecule has 2 N–H and O–H groups in total. The minimum Gasteiger partial charge on any atom is -0.478 e. The van der Waals surface area contributed by atoms with Crippen molar-refractivity contribution < 1.29 is 28.2 Å². The number of aliphatic hydroxyl groups excluding tert-OH is 1. The van der Waals surface area contributed by atoms with Crippen LogP contribution in [0.3, 0.4) is 0 Å². The molecule has 0 aliphatic carbocycles. The topological polar surface area (TPSA) is 104 Å². The van der Waals surface area contributed by atoms with Gasteiger partial charge in [-0.3, -0.25) is 0 Å². The van der Waals surface area contributed by atoms with Gasteiger partial charge in [0.1, 0.15) is 4.21 Å². The third kappa shape index (κ3) is 3.43. The fraction of sp³-hybridized carbons (Fsp3) is 0.583. The standard InChI is InChI=1S/C12H17NO6S2/c1-12(2)7-13(4-9(5-14)19-12)21(17,18)10-3-8(6-20-10)11(15)16/h3,6,9,14H,4-5,7H2,1-2H3,(H,15,16). The van der Waals surface area contributed by atoms with Gasteiger partial charge in [0.15, 0.2) is 0 Å². The molecule has 1 aromatic rings. The van der Waals surface area contributed by atoms with Crippen LogP contribution in [0.25, 0.3) is 0 Å². The summed E-state index contributed by atoms with van der Waals surface area (Å²) >= 11 is 0.874. The average molecular weight is 335 g/mol. The van der Waals surface area contributed by atoms with Crippen LogP contribution in [-0.4, -0.2) is 60.3 Å². The summed E-state index contributed by atoms with van der Waals surface area (Å²) in [6.45, 7) is 3.40. The van der Waals surface area contributed by atoms with Gasteiger partial charge in [0.05, 0.1) is 23.9 Å². The van der Waals surface area contributed by atoms with Crippen molar-refractivity contribution in [2.45, 2.75) is 29.8 Å². The van der Waals surface area contributed by atoms with E-state index in [1.54, 1.807) is 13.8 Å². The molecule has 7 nitrogen and oxygen atoms in total. The first-order valence-corrected chi connectivity index (χ1v) is 8.58. The van der Waals surface area contributed by atoms with Crippen LogP contribution in [-0.2, 0) is 14.8 Å². The fourth-order valence-corrected chi connectivity index (χ4v) is 5.14. The smallest absolute Gasteiger partial charge is 0.336 e. The Morgan fingerprint density at radius 2 is 2.24 bits per heavy atom. The number of hydrogen-bond acceptors (Lipinski definition) is 6. The van der Waals surface area contributed by atoms with Gasteiger partial charge in [-0.25, -0.2) is 13.2 Å². The second kappa shape index (κ2) is 5.65. The van der Waals surface area contributed by atoms with Crippen molar-refractivity contribution in [3.63, 3.8) is 0 Å². The second-order valence-electron chi connectivity index (χ2n) is 5.44. The summed E-state index contributed by atoms with van der Waals surface area (Å²) in [4.78, 5) is 10.9. The van der Waals surface area contributed by atoms with E-state index < -0.39 is 27.7 Å². The summed E-state index contributed by atoms with van der Waals surface area (Å²) < 4.78 is 31.9. The lowest BCUT2D eigenvalue weighted by Gasteiger charge is -2.41. The van der Waals surface area contributed by atoms with Crippen molar-refractivity contribution in [3.8, 4) is 0 Å². The number of nitrogens with zero attached hydrogens (tertiary/aromatic N) is 1. The van der Waals surface area contributed by atoms with Crippen molar-refractivity contribution >= 4 is 27.3 Å². The van der Waals surface area contributed by atoms with Gasteiger partial charge in [0, 0.05) is 18.5 Å². The molecular formula is C12H17NO6S2. The van der Waals surface area contributed by atoms with Crippen molar-refractivity contribution in [2.75, 3.05) is 19.7 Å². The number of aliphatic hydroxyl groups is 1. The van der Waals surface area contributed by atoms with E-state index in [2.05, 4.69) is 0 Å². The van der Waals surface area contributed by atoms with E-state index in [0.29, 0.717) is 0 Å². The maximum atomic E-state index is 12.6. The summed E-state index contributed by atoms with van der Waals surface area (Å²) in [5.41, 5.74) is -0.768. The van der Waals surface area contributed by atoms with Crippen molar-refractivity contribution in [2.24, 2.45) is 0 Å². The molecule has 0 radical (unpaired) electrons. The monoisotopic (exact) mass is 335 g/mol. The van der Waals surface area contributed by atoms with Crippen LogP contribution in [0.2, 0.25) is 0 Å². The molecule has 9 heteroatoms. The fourth-order valence-electron chi connectivity index (χ4n) is 2.21. The number of carboxylic acid groups (broad SMARTS) is 1. The Labute approximate surface area is 126 Å². The highest BCUT2D eigenvalue weighted by Gasteiger charge is 2.39. The molecule has 0 aromatic carbocycles. The first-order valence-electron chi connectivity index (χ1n) is 6.26. The summed E-state index contributed by atoms with van der Waals surface area (Å²) in [6, 6.07) is 1.15. The van der Waals surface area contributed by atoms with E-state index in [-0.39, 0.29) is 29.5 Å². The van der Waals surface area contributed by atoms with E-state index >= 15 is 0 Å². The molecule has 1 saturated heterocycles. The third-order valence-electron chi connectivity index (χ3n) is 3.07. The van der Waals surface area contributed by atoms with Crippen LogP contribution in [0.5, 0.6) is 0 Å². The molecule has 1 fully saturated rings. The van der Waals surface area contributed by atoms with Crippen LogP contribution < -0.4 is 0 Å². The first kappa shape index (κ1) is 16.4. The predicted octanol–water partition coefficient (Wildman–Crippen LogP) is 0.607. The highest BCUT2D eigenvalue weighted by molar-refractivity contribution is 7.91. The van der Waals surface area contributed by atoms with Crippen LogP contribution in [0.4, 0.5) is 0 Å². The molecule has 1 aliphatic rings. The quantitative estimate of drug-likeness (QED) is 0.835. The van der Waals surface area contributed by atoms with E-state index in [9.17, 15) is 18.3 Å². The van der Waals surface area contributed by atoms with Crippen LogP contribution in [0, 0.1) is 0 Å². The summed E-state index contributed by atoms with van der Waals surface area (Å²) in [7, 11) is -3.79. The van der Waals surface area contributed by atoms with E-state index in [0.717, 1.165) is 17.4 Å². The molecule has 1 atom stereocenters. The van der Waals surface area contributed by atoms with Crippen LogP contribution in [0.15, 0.2) is 15.7 Å². The number of ether oxygens (including phenoxy) is 1. The van der Waals surface area contributed by atoms with E-state index in [4.69, 9.17) is 9.84 Å². The Morgan fingerprint density at radius 1 is 1.57 bits per heavy atom. The highest BCUT2D eigenvalue weighted by Crippen LogP contribution is 2.29. The minimum atomic E-state index is -3.79. The summed E-state index contributed by atoms with van der Waals surface area (Å²) in [5, 5.41) is 19.4. The maximum absolute atomic E-state index is 12.6. The van der Waals surface area contributed by atoms with Gasteiger partial charge in [-0.1, -0.05) is 0 Å². The largest absolute Gasteiger partial charge is 0.478 e. The lowest BCUT2D eigenvalue weighted by Crippen LogP contribution is -2.55. The van der Waals surface area contributed by atoms with Gasteiger partial charge in [-0.2, -0.15) is 4.31 Å². The number of morpholine rings is 1. The average Bonchev–Trinajstić information content (AvgIpc) is 2.87. The molecule has 1 aliphatic heterocycles. The van der Waals surface area contributed by atoms with E-state index in [1.807, 2.05) is 0 Å². The molecule has 118 valence electrons. The number of sulfonamides is 1. The highest BCUT2D eigenvalue weighted by atomic mass is 32.2. The van der Waals surface area contributed by atoms with E-state index in [1.165, 1.54) is 9.69 Å². The van der Waals surface area contributed by atoms with Gasteiger partial charge < -0.3 is 14.9 Å². The zero-order valence-electron chi connectivity index (χ0n) is 11.6. The number of carboxylic acids is 1. The number of aromatic carboxylic acids is 1. The Balaban J connectivity index is 2.31. The molecule has 0 bridgehead atoms. The Bertz CT molecular complexity index is 636. The zero-order chi connectivity index (χ0) is 15.8. The second-order valence-corrected chi connectivity index (χ2v) is 8.52. The Kier molecular flexibility index (Phi) is 4.41. The van der Waals surface area contributed by atoms with Gasteiger partial charge in [-0.15, -0.1) is 11.3 Å². The lowest BCUT2D eigenvalue weighted by molar-refractivity contribution is -0.131. The molecular weight excluding hydrogens is 318 g/mol. The van der Waals surface area contributed by atoms with Gasteiger partial charge >= 0.3 is 5.97 Å². The molecule has 2 rings (SSSR count). The van der Waals surface area contributed by atoms with Crippen molar-refractivity contribution in [1.82, 2.24) is 4.31 Å². The predicted molar refractivity (Wildman–Crippen MR) is 76.1 cm³/mol. The molecule has 1 aromatic heterocycles. The summed E-state index contributed by atoms with van der Waals surface area (Å²) in [6.07, 6.45) is -0.595. The van der Waals surface area contributed by atoms with Crippen LogP contribution in [0.1, 0.15) is 24.2 Å². The molecule has 0 amide bonds. The molecule has 2 heterocycles. The van der Waals surface area contributed by atoms with Gasteiger partial charge in [0.2, 0.25) is 0 Å². The first-order chi connectivity index (χ1) is 9.65. The Hall–Kier alpha value is -1.00. The molecule has 0 spiro atoms. The van der Waals surface area contributed by atoms with Crippen LogP contribution >= 0.6 is 11.3 Å². The summed E-state index contributed by atoms with van der Waals surface area (Å²) in [5.74, 6) is -1.16. The van der Waals surface area contributed by atoms with Gasteiger partial charge in [0.25, 0.3) is 10.0 Å². The van der Waals surface area contributed by atoms with Gasteiger partial charge in [-0.05, 0) is 19.9 Å². The molecule has 0 saturated carbocycles. The van der Waals surface area contributed by atoms with Crippen molar-refractivity contribution in [1.29, 1.82) is 0 Å². The number of rotatable bonds is 4. The Morgan fingerprint density at radius 3 is 2.76 bits per heavy atom. The normalized spacial score (nSPS) is 23.1. The minimum absolute atomic E-state index is 0.0192. The van der Waals surface area contributed by atoms with Crippen molar-refractivity contribution in [3.05, 3.63) is 17.0 Å². The zero-order valence-corrected chi connectivity index (χ0v) is 13.3. The molecule has 1 unspecified atom stereocenters. The third-order valence-corrected chi connectivity index (χ3v) is 6.30. The lowest BCUT2D eigenvalue weighted by atomic mass is 10.1. The number of thiophene rings is 1.